The van der Waals surface area contributed by atoms with Crippen LogP contribution < -0.4 is 10.1 Å². The van der Waals surface area contributed by atoms with E-state index in [9.17, 15) is 9.59 Å². The molecule has 2 rings (SSSR count). The maximum Gasteiger partial charge on any atom is 0.331 e. The molecule has 26 heavy (non-hydrogen) atoms. The van der Waals surface area contributed by atoms with Crippen molar-refractivity contribution in [1.29, 1.82) is 0 Å². The average molecular weight is 373 g/mol. The summed E-state index contributed by atoms with van der Waals surface area (Å²) >= 11 is 1.58. The van der Waals surface area contributed by atoms with Crippen LogP contribution in [-0.2, 0) is 20.7 Å². The van der Waals surface area contributed by atoms with E-state index in [1.165, 1.54) is 11.0 Å². The van der Waals surface area contributed by atoms with Crippen molar-refractivity contribution >= 4 is 29.3 Å². The maximum absolute atomic E-state index is 12.0. The number of hydrogen-bond acceptors (Lipinski definition) is 5. The molecule has 0 saturated carbocycles. The van der Waals surface area contributed by atoms with Crippen LogP contribution in [0.2, 0.25) is 0 Å². The van der Waals surface area contributed by atoms with Gasteiger partial charge >= 0.3 is 5.97 Å². The first kappa shape index (κ1) is 19.7. The summed E-state index contributed by atoms with van der Waals surface area (Å²) in [5, 5.41) is 2.77. The summed E-state index contributed by atoms with van der Waals surface area (Å²) < 4.78 is 10.2. The van der Waals surface area contributed by atoms with Crippen LogP contribution in [0.15, 0.2) is 42.5 Å². The average Bonchev–Trinajstić information content (AvgIpc) is 3.05. The van der Waals surface area contributed by atoms with Crippen LogP contribution in [0.3, 0.4) is 0 Å². The van der Waals surface area contributed by atoms with Gasteiger partial charge in [-0.25, -0.2) is 4.79 Å². The van der Waals surface area contributed by atoms with E-state index in [4.69, 9.17) is 9.47 Å². The van der Waals surface area contributed by atoms with E-state index in [0.717, 1.165) is 16.2 Å². The van der Waals surface area contributed by atoms with Gasteiger partial charge in [0.15, 0.2) is 6.10 Å². The summed E-state index contributed by atoms with van der Waals surface area (Å²) in [5.74, 6) is -0.0508. The predicted octanol–water partition coefficient (Wildman–Crippen LogP) is 3.37. The number of nitrogens with one attached hydrogen (secondary N) is 1. The largest absolute Gasteiger partial charge is 0.497 e. The lowest BCUT2D eigenvalue weighted by molar-refractivity contribution is -0.150. The van der Waals surface area contributed by atoms with Crippen molar-refractivity contribution in [3.63, 3.8) is 0 Å². The number of benzene rings is 1. The standard InChI is InChI=1S/C20H23NO4S/c1-14-4-9-18(26-14)10-11-19(22)25-15(2)20(23)21-13-12-16-5-7-17(24-3)8-6-16/h4-11,15H,12-13H2,1-3H3,(H,21,23)/b11-10+/t15-/m1/s1. The fraction of sp³-hybridized carbons (Fsp3) is 0.300. The molecular weight excluding hydrogens is 350 g/mol. The van der Waals surface area contributed by atoms with Crippen molar-refractivity contribution in [2.75, 3.05) is 13.7 Å². The molecule has 2 aromatic rings. The Morgan fingerprint density at radius 2 is 1.92 bits per heavy atom. The highest BCUT2D eigenvalue weighted by Crippen LogP contribution is 2.16. The normalized spacial score (nSPS) is 12.0. The topological polar surface area (TPSA) is 64.6 Å². The number of ether oxygens (including phenoxy) is 2. The van der Waals surface area contributed by atoms with Crippen LogP contribution in [0.25, 0.3) is 6.08 Å². The molecule has 5 nitrogen and oxygen atoms in total. The Bertz CT molecular complexity index is 764. The summed E-state index contributed by atoms with van der Waals surface area (Å²) in [4.78, 5) is 26.0. The highest BCUT2D eigenvalue weighted by atomic mass is 32.1. The number of carbonyl (C=O) groups is 2. The molecule has 0 aliphatic heterocycles. The minimum absolute atomic E-state index is 0.313. The minimum atomic E-state index is -0.840. The smallest absolute Gasteiger partial charge is 0.331 e. The molecule has 1 amide bonds. The van der Waals surface area contributed by atoms with E-state index in [1.807, 2.05) is 43.3 Å². The third-order valence-electron chi connectivity index (χ3n) is 3.68. The third-order valence-corrected chi connectivity index (χ3v) is 4.64. The molecule has 1 aromatic carbocycles. The Hall–Kier alpha value is -2.60. The number of hydrogen-bond donors (Lipinski definition) is 1. The van der Waals surface area contributed by atoms with E-state index in [0.29, 0.717) is 13.0 Å². The molecule has 0 fully saturated rings. The van der Waals surface area contributed by atoms with Gasteiger partial charge in [-0.3, -0.25) is 4.79 Å². The van der Waals surface area contributed by atoms with E-state index in [-0.39, 0.29) is 5.91 Å². The Kier molecular flexibility index (Phi) is 7.41. The van der Waals surface area contributed by atoms with Crippen molar-refractivity contribution in [3.8, 4) is 5.75 Å². The lowest BCUT2D eigenvalue weighted by atomic mass is 10.1. The van der Waals surface area contributed by atoms with Crippen LogP contribution in [0.4, 0.5) is 0 Å². The van der Waals surface area contributed by atoms with Crippen LogP contribution in [0, 0.1) is 6.92 Å². The fourth-order valence-electron chi connectivity index (χ4n) is 2.23. The molecule has 1 aromatic heterocycles. The number of amides is 1. The molecular formula is C20H23NO4S. The van der Waals surface area contributed by atoms with Gasteiger partial charge < -0.3 is 14.8 Å². The zero-order chi connectivity index (χ0) is 18.9. The molecule has 0 unspecified atom stereocenters. The van der Waals surface area contributed by atoms with Gasteiger partial charge in [0.25, 0.3) is 5.91 Å². The van der Waals surface area contributed by atoms with Crippen LogP contribution >= 0.6 is 11.3 Å². The second-order valence-electron chi connectivity index (χ2n) is 5.75. The van der Waals surface area contributed by atoms with Crippen LogP contribution in [-0.4, -0.2) is 31.6 Å². The van der Waals surface area contributed by atoms with E-state index in [2.05, 4.69) is 5.32 Å². The lowest BCUT2D eigenvalue weighted by Gasteiger charge is -2.12. The second kappa shape index (κ2) is 9.77. The summed E-state index contributed by atoms with van der Waals surface area (Å²) in [5.41, 5.74) is 1.09. The molecule has 0 radical (unpaired) electrons. The molecule has 138 valence electrons. The Morgan fingerprint density at radius 3 is 2.54 bits per heavy atom. The number of carbonyl (C=O) groups excluding carboxylic acids is 2. The molecule has 1 atom stereocenters. The SMILES string of the molecule is COc1ccc(CCNC(=O)[C@@H](C)OC(=O)/C=C/c2ccc(C)s2)cc1. The van der Waals surface area contributed by atoms with Crippen molar-refractivity contribution in [2.45, 2.75) is 26.4 Å². The minimum Gasteiger partial charge on any atom is -0.497 e. The lowest BCUT2D eigenvalue weighted by Crippen LogP contribution is -2.36. The van der Waals surface area contributed by atoms with E-state index >= 15 is 0 Å². The van der Waals surface area contributed by atoms with Gasteiger partial charge in [0.2, 0.25) is 0 Å². The molecule has 0 aliphatic carbocycles. The van der Waals surface area contributed by atoms with E-state index < -0.39 is 12.1 Å². The second-order valence-corrected chi connectivity index (χ2v) is 7.07. The van der Waals surface area contributed by atoms with Gasteiger partial charge in [-0.05, 0) is 56.2 Å². The van der Waals surface area contributed by atoms with Gasteiger partial charge in [-0.15, -0.1) is 11.3 Å². The third kappa shape index (κ3) is 6.37. The summed E-state index contributed by atoms with van der Waals surface area (Å²) in [6, 6.07) is 11.6. The molecule has 0 saturated heterocycles. The van der Waals surface area contributed by atoms with Crippen molar-refractivity contribution in [3.05, 3.63) is 57.8 Å². The van der Waals surface area contributed by atoms with Crippen molar-refractivity contribution < 1.29 is 19.1 Å². The van der Waals surface area contributed by atoms with E-state index in [1.54, 1.807) is 31.4 Å². The maximum atomic E-state index is 12.0. The molecule has 0 spiro atoms. The zero-order valence-corrected chi connectivity index (χ0v) is 16.0. The van der Waals surface area contributed by atoms with Crippen molar-refractivity contribution in [1.82, 2.24) is 5.32 Å². The monoisotopic (exact) mass is 373 g/mol. The van der Waals surface area contributed by atoms with Crippen LogP contribution in [0.1, 0.15) is 22.2 Å². The predicted molar refractivity (Wildman–Crippen MR) is 103 cm³/mol. The van der Waals surface area contributed by atoms with Gasteiger partial charge in [-0.2, -0.15) is 0 Å². The molecule has 0 aliphatic rings. The fourth-order valence-corrected chi connectivity index (χ4v) is 3.01. The van der Waals surface area contributed by atoms with Crippen molar-refractivity contribution in [2.24, 2.45) is 0 Å². The van der Waals surface area contributed by atoms with Gasteiger partial charge in [0.1, 0.15) is 5.75 Å². The number of esters is 1. The first-order valence-corrected chi connectivity index (χ1v) is 9.15. The van der Waals surface area contributed by atoms with Gasteiger partial charge in [0, 0.05) is 22.4 Å². The Balaban J connectivity index is 1.72. The first-order chi connectivity index (χ1) is 12.5. The molecule has 1 heterocycles. The van der Waals surface area contributed by atoms with Gasteiger partial charge in [-0.1, -0.05) is 12.1 Å². The highest BCUT2D eigenvalue weighted by Gasteiger charge is 2.15. The highest BCUT2D eigenvalue weighted by molar-refractivity contribution is 7.12. The number of methoxy groups -OCH3 is 1. The van der Waals surface area contributed by atoms with Crippen LogP contribution in [0.5, 0.6) is 5.75 Å². The number of thiophene rings is 1. The first-order valence-electron chi connectivity index (χ1n) is 8.33. The number of aryl methyl sites for hydroxylation is 1. The quantitative estimate of drug-likeness (QED) is 0.569. The molecule has 0 bridgehead atoms. The summed E-state index contributed by atoms with van der Waals surface area (Å²) in [6.45, 7) is 4.03. The van der Waals surface area contributed by atoms with Gasteiger partial charge in [0.05, 0.1) is 7.11 Å². The Labute approximate surface area is 157 Å². The molecule has 6 heteroatoms. The summed E-state index contributed by atoms with van der Waals surface area (Å²) in [7, 11) is 1.62. The molecule has 1 N–H and O–H groups in total. The number of rotatable bonds is 8. The summed E-state index contributed by atoms with van der Waals surface area (Å²) in [6.07, 6.45) is 2.88. The Morgan fingerprint density at radius 1 is 1.19 bits per heavy atom. The zero-order valence-electron chi connectivity index (χ0n) is 15.2.